The molecule has 0 radical (unpaired) electrons. The Morgan fingerprint density at radius 3 is 2.73 bits per heavy atom. The minimum Gasteiger partial charge on any atom is -0.268 e. The van der Waals surface area contributed by atoms with Gasteiger partial charge in [-0.25, -0.2) is 0 Å². The van der Waals surface area contributed by atoms with Crippen molar-refractivity contribution in [1.82, 2.24) is 4.90 Å². The molecule has 2 aliphatic rings. The minimum absolute atomic E-state index is 0.128. The Morgan fingerprint density at radius 1 is 1.23 bits per heavy atom. The largest absolute Gasteiger partial charge is 0.293 e. The second kappa shape index (κ2) is 7.01. The Morgan fingerprint density at radius 2 is 2.00 bits per heavy atom. The molecule has 0 N–H and O–H groups in total. The van der Waals surface area contributed by atoms with Crippen LogP contribution in [-0.2, 0) is 4.79 Å². The fourth-order valence-electron chi connectivity index (χ4n) is 3.03. The van der Waals surface area contributed by atoms with E-state index in [1.54, 1.807) is 6.08 Å². The van der Waals surface area contributed by atoms with Crippen LogP contribution in [0.3, 0.4) is 0 Å². The first-order valence-corrected chi connectivity index (χ1v) is 9.25. The number of hydrogen-bond acceptors (Lipinski definition) is 3. The van der Waals surface area contributed by atoms with E-state index in [1.807, 2.05) is 24.3 Å². The van der Waals surface area contributed by atoms with Gasteiger partial charge in [-0.2, -0.15) is 0 Å². The lowest BCUT2D eigenvalue weighted by atomic mass is 9.89. The fraction of sp³-hybridized carbons (Fsp3) is 0.412. The molecule has 1 saturated carbocycles. The number of rotatable bonds is 3. The standard InChI is InChI=1S/C17H18BrNO2S/c18-14-8-4-7-13(9-14)10-15-16(20)19(17(21)22-15)11-12-5-2-1-3-6-12/h4,7-10,12H,1-3,5-6,11H2/b15-10+. The van der Waals surface area contributed by atoms with Gasteiger partial charge >= 0.3 is 0 Å². The summed E-state index contributed by atoms with van der Waals surface area (Å²) in [5, 5.41) is -0.128. The highest BCUT2D eigenvalue weighted by molar-refractivity contribution is 9.10. The number of hydrogen-bond donors (Lipinski definition) is 0. The van der Waals surface area contributed by atoms with Crippen molar-refractivity contribution in [3.8, 4) is 0 Å². The van der Waals surface area contributed by atoms with Crippen molar-refractivity contribution >= 4 is 44.9 Å². The molecule has 116 valence electrons. The molecule has 5 heteroatoms. The van der Waals surface area contributed by atoms with Crippen LogP contribution in [0.25, 0.3) is 6.08 Å². The second-order valence-corrected chi connectivity index (χ2v) is 7.76. The van der Waals surface area contributed by atoms with Crippen molar-refractivity contribution < 1.29 is 9.59 Å². The van der Waals surface area contributed by atoms with Gasteiger partial charge in [0.05, 0.1) is 4.91 Å². The molecule has 1 aromatic carbocycles. The van der Waals surface area contributed by atoms with Gasteiger partial charge < -0.3 is 0 Å². The van der Waals surface area contributed by atoms with Gasteiger partial charge in [-0.1, -0.05) is 47.3 Å². The summed E-state index contributed by atoms with van der Waals surface area (Å²) in [4.78, 5) is 26.6. The van der Waals surface area contributed by atoms with Gasteiger partial charge in [0.15, 0.2) is 0 Å². The number of halogens is 1. The molecule has 0 atom stereocenters. The summed E-state index contributed by atoms with van der Waals surface area (Å²) in [6.45, 7) is 0.584. The van der Waals surface area contributed by atoms with Crippen molar-refractivity contribution in [2.45, 2.75) is 32.1 Å². The molecule has 3 rings (SSSR count). The van der Waals surface area contributed by atoms with E-state index in [-0.39, 0.29) is 11.1 Å². The third-order valence-electron chi connectivity index (χ3n) is 4.19. The lowest BCUT2D eigenvalue weighted by molar-refractivity contribution is -0.123. The van der Waals surface area contributed by atoms with Crippen LogP contribution in [0, 0.1) is 5.92 Å². The number of imide groups is 1. The number of carbonyl (C=O) groups is 2. The van der Waals surface area contributed by atoms with Gasteiger partial charge in [0.25, 0.3) is 11.1 Å². The first-order valence-electron chi connectivity index (χ1n) is 7.64. The van der Waals surface area contributed by atoms with Gasteiger partial charge in [-0.15, -0.1) is 0 Å². The van der Waals surface area contributed by atoms with Crippen LogP contribution >= 0.6 is 27.7 Å². The normalized spacial score (nSPS) is 21.9. The molecule has 0 aromatic heterocycles. The monoisotopic (exact) mass is 379 g/mol. The van der Waals surface area contributed by atoms with E-state index in [0.29, 0.717) is 17.4 Å². The highest BCUT2D eigenvalue weighted by atomic mass is 79.9. The lowest BCUT2D eigenvalue weighted by Crippen LogP contribution is -2.34. The highest BCUT2D eigenvalue weighted by Crippen LogP contribution is 2.35. The van der Waals surface area contributed by atoms with Crippen molar-refractivity contribution in [1.29, 1.82) is 0 Å². The van der Waals surface area contributed by atoms with Crippen LogP contribution in [0.1, 0.15) is 37.7 Å². The molecule has 1 saturated heterocycles. The van der Waals surface area contributed by atoms with Crippen LogP contribution in [0.2, 0.25) is 0 Å². The number of benzene rings is 1. The van der Waals surface area contributed by atoms with E-state index in [1.165, 1.54) is 24.2 Å². The molecule has 1 heterocycles. The highest BCUT2D eigenvalue weighted by Gasteiger charge is 2.36. The molecule has 22 heavy (non-hydrogen) atoms. The third-order valence-corrected chi connectivity index (χ3v) is 5.59. The smallest absolute Gasteiger partial charge is 0.268 e. The molecule has 2 amide bonds. The molecular weight excluding hydrogens is 362 g/mol. The van der Waals surface area contributed by atoms with E-state index >= 15 is 0 Å². The summed E-state index contributed by atoms with van der Waals surface area (Å²) < 4.78 is 0.961. The Hall–Kier alpha value is -1.07. The zero-order valence-electron chi connectivity index (χ0n) is 12.3. The first-order chi connectivity index (χ1) is 10.6. The lowest BCUT2D eigenvalue weighted by Gasteiger charge is -2.25. The predicted molar refractivity (Wildman–Crippen MR) is 93.4 cm³/mol. The molecule has 3 nitrogen and oxygen atoms in total. The van der Waals surface area contributed by atoms with Crippen molar-refractivity contribution in [2.24, 2.45) is 5.92 Å². The van der Waals surface area contributed by atoms with Crippen LogP contribution < -0.4 is 0 Å². The van der Waals surface area contributed by atoms with E-state index in [2.05, 4.69) is 15.9 Å². The van der Waals surface area contributed by atoms with Gasteiger partial charge in [-0.3, -0.25) is 14.5 Å². The van der Waals surface area contributed by atoms with Crippen molar-refractivity contribution in [2.75, 3.05) is 6.54 Å². The summed E-state index contributed by atoms with van der Waals surface area (Å²) >= 11 is 4.47. The molecular formula is C17H18BrNO2S. The van der Waals surface area contributed by atoms with Gasteiger partial charge in [-0.05, 0) is 54.3 Å². The summed E-state index contributed by atoms with van der Waals surface area (Å²) in [7, 11) is 0. The Balaban J connectivity index is 1.73. The Labute approximate surface area is 143 Å². The maximum atomic E-state index is 12.5. The van der Waals surface area contributed by atoms with Crippen molar-refractivity contribution in [3.05, 3.63) is 39.2 Å². The van der Waals surface area contributed by atoms with Crippen LogP contribution in [0.5, 0.6) is 0 Å². The molecule has 1 aliphatic carbocycles. The average molecular weight is 380 g/mol. The van der Waals surface area contributed by atoms with Gasteiger partial charge in [0.1, 0.15) is 0 Å². The Bertz CT molecular complexity index is 623. The second-order valence-electron chi connectivity index (χ2n) is 5.85. The van der Waals surface area contributed by atoms with Crippen molar-refractivity contribution in [3.63, 3.8) is 0 Å². The number of thioether (sulfide) groups is 1. The van der Waals surface area contributed by atoms with E-state index in [0.717, 1.165) is 34.6 Å². The van der Waals surface area contributed by atoms with E-state index < -0.39 is 0 Å². The summed E-state index contributed by atoms with van der Waals surface area (Å²) in [5.74, 6) is 0.341. The Kier molecular flexibility index (Phi) is 5.03. The molecule has 0 spiro atoms. The molecule has 1 aromatic rings. The summed E-state index contributed by atoms with van der Waals surface area (Å²) in [6.07, 6.45) is 7.78. The molecule has 0 unspecified atom stereocenters. The third kappa shape index (κ3) is 3.63. The summed E-state index contributed by atoms with van der Waals surface area (Å²) in [5.41, 5.74) is 0.928. The average Bonchev–Trinajstić information content (AvgIpc) is 2.76. The first kappa shape index (κ1) is 15.8. The van der Waals surface area contributed by atoms with Gasteiger partial charge in [0, 0.05) is 11.0 Å². The zero-order chi connectivity index (χ0) is 15.5. The minimum atomic E-state index is -0.138. The predicted octanol–water partition coefficient (Wildman–Crippen LogP) is 5.07. The molecule has 0 bridgehead atoms. The number of nitrogens with zero attached hydrogens (tertiary/aromatic N) is 1. The van der Waals surface area contributed by atoms with Crippen LogP contribution in [0.4, 0.5) is 4.79 Å². The maximum Gasteiger partial charge on any atom is 0.293 e. The SMILES string of the molecule is O=C1S/C(=C/c2cccc(Br)c2)C(=O)N1CC1CCCCC1. The number of carbonyl (C=O) groups excluding carboxylic acids is 2. The van der Waals surface area contributed by atoms with Crippen LogP contribution in [-0.4, -0.2) is 22.6 Å². The molecule has 2 fully saturated rings. The zero-order valence-corrected chi connectivity index (χ0v) is 14.7. The quantitative estimate of drug-likeness (QED) is 0.688. The summed E-state index contributed by atoms with van der Waals surface area (Å²) in [6, 6.07) is 7.73. The maximum absolute atomic E-state index is 12.5. The van der Waals surface area contributed by atoms with Crippen LogP contribution in [0.15, 0.2) is 33.6 Å². The topological polar surface area (TPSA) is 37.4 Å². The van der Waals surface area contributed by atoms with E-state index in [9.17, 15) is 9.59 Å². The fourth-order valence-corrected chi connectivity index (χ4v) is 4.30. The number of amides is 2. The van der Waals surface area contributed by atoms with E-state index in [4.69, 9.17) is 0 Å². The molecule has 1 aliphatic heterocycles. The van der Waals surface area contributed by atoms with Gasteiger partial charge in [0.2, 0.25) is 0 Å².